The lowest BCUT2D eigenvalue weighted by molar-refractivity contribution is 0.0572. The molecular weight excluding hydrogens is 206 g/mol. The number of nitriles is 1. The normalized spacial score (nSPS) is 24.4. The molecule has 0 amide bonds. The Labute approximate surface area is 93.3 Å². The van der Waals surface area contributed by atoms with Crippen LogP contribution in [-0.2, 0) is 0 Å². The summed E-state index contributed by atoms with van der Waals surface area (Å²) in [5.74, 6) is 0. The number of anilines is 2. The minimum atomic E-state index is -0.725. The second-order valence-corrected chi connectivity index (χ2v) is 3.92. The maximum Gasteiger partial charge on any atom is 0.101 e. The largest absolute Gasteiger partial charge is 0.398 e. The van der Waals surface area contributed by atoms with E-state index in [4.69, 9.17) is 11.0 Å². The molecule has 0 radical (unpaired) electrons. The fraction of sp³-hybridized carbons (Fsp3) is 0.364. The van der Waals surface area contributed by atoms with Gasteiger partial charge in [-0.1, -0.05) is 0 Å². The summed E-state index contributed by atoms with van der Waals surface area (Å²) in [7, 11) is 0. The van der Waals surface area contributed by atoms with Crippen molar-refractivity contribution in [3.63, 3.8) is 0 Å². The van der Waals surface area contributed by atoms with Crippen LogP contribution in [0.1, 0.15) is 5.56 Å². The molecule has 2 rings (SSSR count). The van der Waals surface area contributed by atoms with Gasteiger partial charge < -0.3 is 20.8 Å². The molecule has 0 saturated carbocycles. The van der Waals surface area contributed by atoms with Gasteiger partial charge in [0.1, 0.15) is 6.07 Å². The highest BCUT2D eigenvalue weighted by atomic mass is 16.3. The number of aliphatic hydroxyl groups excluding tert-OH is 2. The molecule has 1 heterocycles. The second-order valence-electron chi connectivity index (χ2n) is 3.92. The number of benzene rings is 1. The van der Waals surface area contributed by atoms with Crippen molar-refractivity contribution in [1.82, 2.24) is 0 Å². The Kier molecular flexibility index (Phi) is 2.69. The molecule has 0 spiro atoms. The Balaban J connectivity index is 2.23. The van der Waals surface area contributed by atoms with Crippen molar-refractivity contribution in [1.29, 1.82) is 5.26 Å². The maximum atomic E-state index is 9.42. The molecule has 1 aliphatic rings. The van der Waals surface area contributed by atoms with Crippen LogP contribution in [0.15, 0.2) is 18.2 Å². The van der Waals surface area contributed by atoms with Crippen molar-refractivity contribution in [2.75, 3.05) is 23.7 Å². The summed E-state index contributed by atoms with van der Waals surface area (Å²) < 4.78 is 0. The van der Waals surface area contributed by atoms with Crippen LogP contribution < -0.4 is 10.6 Å². The molecule has 1 aliphatic heterocycles. The van der Waals surface area contributed by atoms with E-state index in [1.165, 1.54) is 0 Å². The van der Waals surface area contributed by atoms with Crippen LogP contribution in [0.25, 0.3) is 0 Å². The van der Waals surface area contributed by atoms with Crippen LogP contribution in [0.4, 0.5) is 11.4 Å². The Morgan fingerprint density at radius 2 is 1.94 bits per heavy atom. The lowest BCUT2D eigenvalue weighted by Crippen LogP contribution is -2.22. The van der Waals surface area contributed by atoms with Gasteiger partial charge >= 0.3 is 0 Å². The Bertz CT molecular complexity index is 431. The summed E-state index contributed by atoms with van der Waals surface area (Å²) in [6, 6.07) is 7.08. The molecule has 5 heteroatoms. The van der Waals surface area contributed by atoms with Crippen molar-refractivity contribution < 1.29 is 10.2 Å². The van der Waals surface area contributed by atoms with E-state index in [-0.39, 0.29) is 0 Å². The zero-order chi connectivity index (χ0) is 11.7. The SMILES string of the molecule is N#Cc1ccc(N2CC(O)C(O)C2)cc1N. The number of hydrogen-bond donors (Lipinski definition) is 3. The van der Waals surface area contributed by atoms with Crippen LogP contribution in [0.3, 0.4) is 0 Å². The molecule has 0 bridgehead atoms. The first-order chi connectivity index (χ1) is 7.61. The minimum Gasteiger partial charge on any atom is -0.398 e. The number of hydrogen-bond acceptors (Lipinski definition) is 5. The number of β-amino-alcohol motifs (C(OH)–C–C–N with tert-alkyl or cyclic N) is 2. The summed E-state index contributed by atoms with van der Waals surface area (Å²) in [6.07, 6.45) is -1.45. The van der Waals surface area contributed by atoms with Gasteiger partial charge in [0, 0.05) is 18.8 Å². The number of aliphatic hydroxyl groups is 2. The van der Waals surface area contributed by atoms with Crippen LogP contribution in [0, 0.1) is 11.3 Å². The molecule has 0 aromatic heterocycles. The molecule has 4 N–H and O–H groups in total. The van der Waals surface area contributed by atoms with Crippen LogP contribution in [0.2, 0.25) is 0 Å². The topological polar surface area (TPSA) is 93.5 Å². The molecule has 1 fully saturated rings. The quantitative estimate of drug-likeness (QED) is 0.563. The predicted octanol–water partition coefficient (Wildman–Crippen LogP) is -0.318. The van der Waals surface area contributed by atoms with Crippen molar-refractivity contribution in [3.05, 3.63) is 23.8 Å². The van der Waals surface area contributed by atoms with Gasteiger partial charge in [0.05, 0.1) is 23.5 Å². The molecule has 2 unspecified atom stereocenters. The van der Waals surface area contributed by atoms with Crippen LogP contribution in [-0.4, -0.2) is 35.5 Å². The summed E-state index contributed by atoms with van der Waals surface area (Å²) in [5, 5.41) is 27.6. The van der Waals surface area contributed by atoms with Gasteiger partial charge in [0.2, 0.25) is 0 Å². The first-order valence-corrected chi connectivity index (χ1v) is 5.02. The standard InChI is InChI=1S/C11H13N3O2/c12-4-7-1-2-8(3-9(7)13)14-5-10(15)11(16)6-14/h1-3,10-11,15-16H,5-6,13H2. The minimum absolute atomic E-state index is 0.381. The average Bonchev–Trinajstić information content (AvgIpc) is 2.59. The Morgan fingerprint density at radius 3 is 2.44 bits per heavy atom. The Hall–Kier alpha value is -1.77. The van der Waals surface area contributed by atoms with Gasteiger partial charge in [-0.05, 0) is 18.2 Å². The molecular formula is C11H13N3O2. The third-order valence-corrected chi connectivity index (χ3v) is 2.78. The van der Waals surface area contributed by atoms with E-state index in [2.05, 4.69) is 0 Å². The van der Waals surface area contributed by atoms with Crippen molar-refractivity contribution in [3.8, 4) is 6.07 Å². The molecule has 1 aromatic rings. The van der Waals surface area contributed by atoms with Crippen LogP contribution in [0.5, 0.6) is 0 Å². The van der Waals surface area contributed by atoms with Crippen LogP contribution >= 0.6 is 0 Å². The van der Waals surface area contributed by atoms with Crippen molar-refractivity contribution in [2.24, 2.45) is 0 Å². The van der Waals surface area contributed by atoms with E-state index >= 15 is 0 Å². The number of nitrogen functional groups attached to an aromatic ring is 1. The monoisotopic (exact) mass is 219 g/mol. The molecule has 0 aliphatic carbocycles. The lowest BCUT2D eigenvalue weighted by Gasteiger charge is -2.18. The summed E-state index contributed by atoms with van der Waals surface area (Å²) in [6.45, 7) is 0.763. The van der Waals surface area contributed by atoms with E-state index in [1.54, 1.807) is 18.2 Å². The fourth-order valence-electron chi connectivity index (χ4n) is 1.83. The Morgan fingerprint density at radius 1 is 1.31 bits per heavy atom. The average molecular weight is 219 g/mol. The van der Waals surface area contributed by atoms with Gasteiger partial charge in [-0.15, -0.1) is 0 Å². The highest BCUT2D eigenvalue weighted by molar-refractivity contribution is 5.64. The van der Waals surface area contributed by atoms with E-state index in [1.807, 2.05) is 11.0 Å². The first-order valence-electron chi connectivity index (χ1n) is 5.02. The number of rotatable bonds is 1. The number of nitrogens with zero attached hydrogens (tertiary/aromatic N) is 2. The van der Waals surface area contributed by atoms with Gasteiger partial charge in [-0.2, -0.15) is 5.26 Å². The summed E-state index contributed by atoms with van der Waals surface area (Å²) in [4.78, 5) is 1.84. The van der Waals surface area contributed by atoms with Gasteiger partial charge in [-0.3, -0.25) is 0 Å². The van der Waals surface area contributed by atoms with E-state index in [9.17, 15) is 10.2 Å². The zero-order valence-corrected chi connectivity index (χ0v) is 8.67. The summed E-state index contributed by atoms with van der Waals surface area (Å²) in [5.41, 5.74) is 7.35. The second kappa shape index (κ2) is 4.00. The molecule has 1 saturated heterocycles. The first kappa shape index (κ1) is 10.7. The molecule has 16 heavy (non-hydrogen) atoms. The summed E-state index contributed by atoms with van der Waals surface area (Å²) >= 11 is 0. The van der Waals surface area contributed by atoms with E-state index in [0.717, 1.165) is 5.69 Å². The van der Waals surface area contributed by atoms with Crippen molar-refractivity contribution in [2.45, 2.75) is 12.2 Å². The molecule has 84 valence electrons. The lowest BCUT2D eigenvalue weighted by atomic mass is 10.1. The predicted molar refractivity (Wildman–Crippen MR) is 59.8 cm³/mol. The third kappa shape index (κ3) is 1.81. The fourth-order valence-corrected chi connectivity index (χ4v) is 1.83. The maximum absolute atomic E-state index is 9.42. The molecule has 1 aromatic carbocycles. The van der Waals surface area contributed by atoms with Gasteiger partial charge in [-0.25, -0.2) is 0 Å². The van der Waals surface area contributed by atoms with Crippen molar-refractivity contribution >= 4 is 11.4 Å². The molecule has 2 atom stereocenters. The van der Waals surface area contributed by atoms with Gasteiger partial charge in [0.25, 0.3) is 0 Å². The molecule has 5 nitrogen and oxygen atoms in total. The highest BCUT2D eigenvalue weighted by Gasteiger charge is 2.29. The van der Waals surface area contributed by atoms with Gasteiger partial charge in [0.15, 0.2) is 0 Å². The van der Waals surface area contributed by atoms with E-state index < -0.39 is 12.2 Å². The van der Waals surface area contributed by atoms with E-state index in [0.29, 0.717) is 24.3 Å². The third-order valence-electron chi connectivity index (χ3n) is 2.78. The number of nitrogens with two attached hydrogens (primary N) is 1. The zero-order valence-electron chi connectivity index (χ0n) is 8.67. The smallest absolute Gasteiger partial charge is 0.101 e. The highest BCUT2D eigenvalue weighted by Crippen LogP contribution is 2.24.